The monoisotopic (exact) mass is 300 g/mol. The quantitative estimate of drug-likeness (QED) is 0.450. The molecule has 1 aromatic heterocycles. The van der Waals surface area contributed by atoms with Gasteiger partial charge in [-0.1, -0.05) is 12.1 Å². The fourth-order valence-corrected chi connectivity index (χ4v) is 2.12. The Morgan fingerprint density at radius 2 is 1.76 bits per heavy atom. The van der Waals surface area contributed by atoms with Gasteiger partial charge in [0, 0.05) is 23.2 Å². The zero-order valence-corrected chi connectivity index (χ0v) is 11.4. The summed E-state index contributed by atoms with van der Waals surface area (Å²) in [4.78, 5) is 18.5. The summed E-state index contributed by atoms with van der Waals surface area (Å²) in [7, 11) is 0. The summed E-state index contributed by atoms with van der Waals surface area (Å²) < 4.78 is 0. The van der Waals surface area contributed by atoms with Gasteiger partial charge in [0.25, 0.3) is 5.69 Å². The van der Waals surface area contributed by atoms with E-state index in [0.717, 1.165) is 10.9 Å². The lowest BCUT2D eigenvalue weighted by atomic mass is 10.2. The van der Waals surface area contributed by atoms with Crippen LogP contribution in [0.1, 0.15) is 0 Å². The van der Waals surface area contributed by atoms with Crippen molar-refractivity contribution < 1.29 is 4.92 Å². The van der Waals surface area contributed by atoms with Crippen LogP contribution in [0, 0.1) is 10.1 Å². The fourth-order valence-electron chi connectivity index (χ4n) is 1.95. The number of para-hydroxylation sites is 1. The SMILES string of the molecule is O=[N+]([O-])c1ccc(Nc2nc(Cl)nc3ccccc23)cc1. The molecule has 6 nitrogen and oxygen atoms in total. The van der Waals surface area contributed by atoms with Gasteiger partial charge in [-0.25, -0.2) is 4.98 Å². The summed E-state index contributed by atoms with van der Waals surface area (Å²) >= 11 is 5.91. The molecule has 2 aromatic carbocycles. The van der Waals surface area contributed by atoms with Crippen LogP contribution in [0.15, 0.2) is 48.5 Å². The fraction of sp³-hybridized carbons (Fsp3) is 0. The van der Waals surface area contributed by atoms with E-state index in [1.807, 2.05) is 24.3 Å². The second kappa shape index (κ2) is 5.34. The maximum Gasteiger partial charge on any atom is 0.269 e. The van der Waals surface area contributed by atoms with E-state index in [-0.39, 0.29) is 11.0 Å². The minimum atomic E-state index is -0.444. The van der Waals surface area contributed by atoms with Gasteiger partial charge in [-0.15, -0.1) is 0 Å². The molecule has 21 heavy (non-hydrogen) atoms. The van der Waals surface area contributed by atoms with E-state index < -0.39 is 4.92 Å². The normalized spacial score (nSPS) is 10.5. The second-order valence-corrected chi connectivity index (χ2v) is 4.63. The number of aromatic nitrogens is 2. The van der Waals surface area contributed by atoms with Gasteiger partial charge in [0.1, 0.15) is 5.82 Å². The molecule has 104 valence electrons. The molecule has 3 rings (SSSR count). The lowest BCUT2D eigenvalue weighted by Gasteiger charge is -2.08. The average molecular weight is 301 g/mol. The van der Waals surface area contributed by atoms with Crippen molar-refractivity contribution in [2.24, 2.45) is 0 Å². The first kappa shape index (κ1) is 13.3. The van der Waals surface area contributed by atoms with E-state index in [1.54, 1.807) is 12.1 Å². The lowest BCUT2D eigenvalue weighted by molar-refractivity contribution is -0.384. The standard InChI is InChI=1S/C14H9ClN4O2/c15-14-17-12-4-2-1-3-11(12)13(18-14)16-9-5-7-10(8-6-9)19(20)21/h1-8H,(H,16,17,18). The van der Waals surface area contributed by atoms with Gasteiger partial charge >= 0.3 is 0 Å². The molecular weight excluding hydrogens is 292 g/mol. The summed E-state index contributed by atoms with van der Waals surface area (Å²) in [5.74, 6) is 0.555. The molecule has 0 fully saturated rings. The Morgan fingerprint density at radius 3 is 2.48 bits per heavy atom. The number of nitrogens with zero attached hydrogens (tertiary/aromatic N) is 3. The first-order valence-corrected chi connectivity index (χ1v) is 6.45. The molecule has 1 N–H and O–H groups in total. The maximum atomic E-state index is 10.6. The summed E-state index contributed by atoms with van der Waals surface area (Å²) in [5, 5.41) is 14.7. The molecule has 0 saturated heterocycles. The Bertz CT molecular complexity index is 821. The van der Waals surface area contributed by atoms with E-state index in [2.05, 4.69) is 15.3 Å². The molecule has 0 unspecified atom stereocenters. The topological polar surface area (TPSA) is 81.0 Å². The molecule has 0 bridgehead atoms. The van der Waals surface area contributed by atoms with Crippen LogP contribution >= 0.6 is 11.6 Å². The Labute approximate surface area is 124 Å². The maximum absolute atomic E-state index is 10.6. The van der Waals surface area contributed by atoms with Crippen molar-refractivity contribution in [2.45, 2.75) is 0 Å². The van der Waals surface area contributed by atoms with Crippen LogP contribution in [0.25, 0.3) is 10.9 Å². The van der Waals surface area contributed by atoms with Crippen molar-refractivity contribution in [3.8, 4) is 0 Å². The highest BCUT2D eigenvalue weighted by Crippen LogP contribution is 2.25. The van der Waals surface area contributed by atoms with Crippen LogP contribution in [0.5, 0.6) is 0 Å². The number of nitrogens with one attached hydrogen (secondary N) is 1. The van der Waals surface area contributed by atoms with Crippen molar-refractivity contribution in [1.29, 1.82) is 0 Å². The number of anilines is 2. The van der Waals surface area contributed by atoms with Crippen molar-refractivity contribution in [3.05, 3.63) is 63.9 Å². The number of rotatable bonds is 3. The largest absolute Gasteiger partial charge is 0.340 e. The van der Waals surface area contributed by atoms with Gasteiger partial charge < -0.3 is 5.32 Å². The number of nitro groups is 1. The van der Waals surface area contributed by atoms with Crippen LogP contribution in [-0.2, 0) is 0 Å². The first-order valence-electron chi connectivity index (χ1n) is 6.07. The highest BCUT2D eigenvalue weighted by Gasteiger charge is 2.08. The second-order valence-electron chi connectivity index (χ2n) is 4.29. The first-order chi connectivity index (χ1) is 10.1. The van der Waals surface area contributed by atoms with Gasteiger partial charge in [0.15, 0.2) is 0 Å². The van der Waals surface area contributed by atoms with Crippen molar-refractivity contribution >= 4 is 39.7 Å². The van der Waals surface area contributed by atoms with Crippen LogP contribution in [0.2, 0.25) is 5.28 Å². The van der Waals surface area contributed by atoms with Gasteiger partial charge in [0.2, 0.25) is 5.28 Å². The van der Waals surface area contributed by atoms with E-state index in [4.69, 9.17) is 11.6 Å². The molecule has 0 radical (unpaired) electrons. The van der Waals surface area contributed by atoms with Crippen LogP contribution in [0.4, 0.5) is 17.2 Å². The Balaban J connectivity index is 1.99. The Morgan fingerprint density at radius 1 is 1.05 bits per heavy atom. The van der Waals surface area contributed by atoms with E-state index in [0.29, 0.717) is 11.5 Å². The summed E-state index contributed by atoms with van der Waals surface area (Å²) in [6, 6.07) is 13.5. The van der Waals surface area contributed by atoms with E-state index in [9.17, 15) is 10.1 Å². The van der Waals surface area contributed by atoms with Crippen LogP contribution < -0.4 is 5.32 Å². The predicted molar refractivity (Wildman–Crippen MR) is 80.9 cm³/mol. The third-order valence-electron chi connectivity index (χ3n) is 2.92. The number of halogens is 1. The summed E-state index contributed by atoms with van der Waals surface area (Å²) in [6.07, 6.45) is 0. The summed E-state index contributed by atoms with van der Waals surface area (Å²) in [5.41, 5.74) is 1.44. The van der Waals surface area contributed by atoms with Crippen molar-refractivity contribution in [1.82, 2.24) is 9.97 Å². The molecule has 0 saturated carbocycles. The van der Waals surface area contributed by atoms with Gasteiger partial charge in [0.05, 0.1) is 10.4 Å². The van der Waals surface area contributed by atoms with Crippen molar-refractivity contribution in [2.75, 3.05) is 5.32 Å². The lowest BCUT2D eigenvalue weighted by Crippen LogP contribution is -1.97. The number of benzene rings is 2. The molecular formula is C14H9ClN4O2. The minimum absolute atomic E-state index is 0.0335. The van der Waals surface area contributed by atoms with Gasteiger partial charge in [-0.3, -0.25) is 10.1 Å². The summed E-state index contributed by atoms with van der Waals surface area (Å²) in [6.45, 7) is 0. The molecule has 0 atom stereocenters. The van der Waals surface area contributed by atoms with Gasteiger partial charge in [-0.2, -0.15) is 4.98 Å². The molecule has 0 spiro atoms. The Kier molecular flexibility index (Phi) is 3.37. The third-order valence-corrected chi connectivity index (χ3v) is 3.09. The Hall–Kier alpha value is -2.73. The van der Waals surface area contributed by atoms with E-state index in [1.165, 1.54) is 12.1 Å². The molecule has 0 aliphatic carbocycles. The number of fused-ring (bicyclic) bond motifs is 1. The molecule has 0 aliphatic rings. The highest BCUT2D eigenvalue weighted by molar-refractivity contribution is 6.28. The number of nitro benzene ring substituents is 1. The van der Waals surface area contributed by atoms with E-state index >= 15 is 0 Å². The number of hydrogen-bond donors (Lipinski definition) is 1. The predicted octanol–water partition coefficient (Wildman–Crippen LogP) is 3.94. The van der Waals surface area contributed by atoms with Crippen LogP contribution in [-0.4, -0.2) is 14.9 Å². The smallest absolute Gasteiger partial charge is 0.269 e. The number of non-ortho nitro benzene ring substituents is 1. The van der Waals surface area contributed by atoms with Crippen LogP contribution in [0.3, 0.4) is 0 Å². The van der Waals surface area contributed by atoms with Gasteiger partial charge in [-0.05, 0) is 35.9 Å². The highest BCUT2D eigenvalue weighted by atomic mass is 35.5. The third kappa shape index (κ3) is 2.75. The van der Waals surface area contributed by atoms with Crippen molar-refractivity contribution in [3.63, 3.8) is 0 Å². The molecule has 7 heteroatoms. The molecule has 3 aromatic rings. The zero-order valence-electron chi connectivity index (χ0n) is 10.7. The molecule has 1 heterocycles. The zero-order chi connectivity index (χ0) is 14.8. The molecule has 0 amide bonds. The number of hydrogen-bond acceptors (Lipinski definition) is 5. The average Bonchev–Trinajstić information content (AvgIpc) is 2.47. The minimum Gasteiger partial charge on any atom is -0.340 e. The molecule has 0 aliphatic heterocycles.